The predicted molar refractivity (Wildman–Crippen MR) is 117 cm³/mol. The van der Waals surface area contributed by atoms with Gasteiger partial charge in [-0.2, -0.15) is 0 Å². The normalized spacial score (nSPS) is 10.3. The van der Waals surface area contributed by atoms with Crippen molar-refractivity contribution < 1.29 is 39.2 Å². The first-order valence-electron chi connectivity index (χ1n) is 10.0. The van der Waals surface area contributed by atoms with E-state index in [0.29, 0.717) is 5.92 Å². The lowest BCUT2D eigenvalue weighted by atomic mass is 9.98. The summed E-state index contributed by atoms with van der Waals surface area (Å²) >= 11 is 0. The van der Waals surface area contributed by atoms with Crippen molar-refractivity contribution >= 4 is 23.9 Å². The Kier molecular flexibility index (Phi) is 10.1. The molecule has 0 saturated heterocycles. The Morgan fingerprint density at radius 2 is 1.22 bits per heavy atom. The minimum absolute atomic E-state index is 0.0312. The van der Waals surface area contributed by atoms with Gasteiger partial charge in [0.15, 0.2) is 0 Å². The number of esters is 1. The minimum Gasteiger partial charge on any atom is -0.478 e. The van der Waals surface area contributed by atoms with E-state index in [1.807, 2.05) is 27.7 Å². The quantitative estimate of drug-likeness (QED) is 0.507. The van der Waals surface area contributed by atoms with Gasteiger partial charge in [-0.15, -0.1) is 0 Å². The SMILES string of the molecule is CC(C)COC(=O)c1ccccc1C(=O)O.CC(C)Cc1ccc(C(=O)O)c(C(=O)O)c1. The van der Waals surface area contributed by atoms with E-state index >= 15 is 0 Å². The highest BCUT2D eigenvalue weighted by molar-refractivity contribution is 6.02. The monoisotopic (exact) mass is 444 g/mol. The van der Waals surface area contributed by atoms with Crippen molar-refractivity contribution in [2.75, 3.05) is 6.61 Å². The first-order valence-corrected chi connectivity index (χ1v) is 10.0. The Bertz CT molecular complexity index is 976. The van der Waals surface area contributed by atoms with Gasteiger partial charge in [0, 0.05) is 0 Å². The highest BCUT2D eigenvalue weighted by Crippen LogP contribution is 2.15. The molecule has 0 saturated carbocycles. The van der Waals surface area contributed by atoms with Gasteiger partial charge < -0.3 is 20.1 Å². The third-order valence-electron chi connectivity index (χ3n) is 4.11. The maximum Gasteiger partial charge on any atom is 0.339 e. The van der Waals surface area contributed by atoms with Crippen LogP contribution in [0.2, 0.25) is 0 Å². The van der Waals surface area contributed by atoms with E-state index in [1.54, 1.807) is 18.2 Å². The maximum absolute atomic E-state index is 11.6. The lowest BCUT2D eigenvalue weighted by Gasteiger charge is -2.08. The molecule has 0 fully saturated rings. The van der Waals surface area contributed by atoms with Crippen molar-refractivity contribution in [1.29, 1.82) is 0 Å². The number of ether oxygens (including phenoxy) is 1. The molecule has 0 aliphatic heterocycles. The van der Waals surface area contributed by atoms with Crippen molar-refractivity contribution in [3.05, 3.63) is 70.3 Å². The Morgan fingerprint density at radius 1 is 0.719 bits per heavy atom. The van der Waals surface area contributed by atoms with Gasteiger partial charge in [0.1, 0.15) is 0 Å². The van der Waals surface area contributed by atoms with Crippen LogP contribution in [0.1, 0.15) is 74.7 Å². The van der Waals surface area contributed by atoms with Crippen LogP contribution >= 0.6 is 0 Å². The Labute approximate surface area is 186 Å². The minimum atomic E-state index is -1.21. The molecule has 0 atom stereocenters. The average molecular weight is 444 g/mol. The van der Waals surface area contributed by atoms with Crippen molar-refractivity contribution in [3.63, 3.8) is 0 Å². The highest BCUT2D eigenvalue weighted by Gasteiger charge is 2.17. The summed E-state index contributed by atoms with van der Waals surface area (Å²) in [7, 11) is 0. The van der Waals surface area contributed by atoms with Crippen molar-refractivity contribution in [2.24, 2.45) is 11.8 Å². The molecule has 0 radical (unpaired) electrons. The van der Waals surface area contributed by atoms with Gasteiger partial charge in [-0.1, -0.05) is 45.9 Å². The summed E-state index contributed by atoms with van der Waals surface area (Å²) in [5.74, 6) is -3.52. The molecule has 0 aromatic heterocycles. The summed E-state index contributed by atoms with van der Waals surface area (Å²) in [6.07, 6.45) is 0.736. The molecular formula is C24H28O8. The third-order valence-corrected chi connectivity index (χ3v) is 4.11. The largest absolute Gasteiger partial charge is 0.478 e. The first-order chi connectivity index (χ1) is 14.9. The van der Waals surface area contributed by atoms with Crippen LogP contribution in [0.5, 0.6) is 0 Å². The first kappa shape index (κ1) is 26.4. The molecule has 32 heavy (non-hydrogen) atoms. The van der Waals surface area contributed by atoms with E-state index in [1.165, 1.54) is 24.3 Å². The lowest BCUT2D eigenvalue weighted by molar-refractivity contribution is 0.0450. The molecule has 0 bridgehead atoms. The number of hydrogen-bond donors (Lipinski definition) is 3. The number of rotatable bonds is 8. The summed E-state index contributed by atoms with van der Waals surface area (Å²) in [5.41, 5.74) is 0.593. The summed E-state index contributed by atoms with van der Waals surface area (Å²) < 4.78 is 4.98. The molecule has 0 heterocycles. The Hall–Kier alpha value is -3.68. The van der Waals surface area contributed by atoms with Crippen molar-refractivity contribution in [2.45, 2.75) is 34.1 Å². The Morgan fingerprint density at radius 3 is 1.69 bits per heavy atom. The standard InChI is InChI=1S/2C12H14O4/c1-7(2)5-8-3-4-9(11(13)14)10(6-8)12(15)16;1-8(2)7-16-12(15)10-6-4-3-5-9(10)11(13)14/h3-4,6-7H,5H2,1-2H3,(H,13,14)(H,15,16);3-6,8H,7H2,1-2H3,(H,13,14). The van der Waals surface area contributed by atoms with E-state index in [9.17, 15) is 19.2 Å². The molecule has 8 nitrogen and oxygen atoms in total. The van der Waals surface area contributed by atoms with E-state index in [4.69, 9.17) is 20.1 Å². The van der Waals surface area contributed by atoms with Gasteiger partial charge in [-0.25, -0.2) is 19.2 Å². The van der Waals surface area contributed by atoms with Crippen LogP contribution in [0.15, 0.2) is 42.5 Å². The Balaban J connectivity index is 0.000000320. The molecular weight excluding hydrogens is 416 g/mol. The summed E-state index contributed by atoms with van der Waals surface area (Å²) in [4.78, 5) is 44.1. The second-order valence-electron chi connectivity index (χ2n) is 7.93. The molecule has 8 heteroatoms. The second kappa shape index (κ2) is 12.2. The number of hydrogen-bond acceptors (Lipinski definition) is 5. The number of carboxylic acid groups (broad SMARTS) is 3. The predicted octanol–water partition coefficient (Wildman–Crippen LogP) is 4.48. The molecule has 0 amide bonds. The summed E-state index contributed by atoms with van der Waals surface area (Å²) in [5, 5.41) is 26.6. The molecule has 2 aromatic carbocycles. The average Bonchev–Trinajstić information content (AvgIpc) is 2.71. The number of carboxylic acids is 3. The molecule has 0 aliphatic rings. The van der Waals surface area contributed by atoms with E-state index in [2.05, 4.69) is 0 Å². The molecule has 2 aromatic rings. The van der Waals surface area contributed by atoms with Gasteiger partial charge in [0.05, 0.1) is 28.9 Å². The molecule has 172 valence electrons. The van der Waals surface area contributed by atoms with Gasteiger partial charge in [-0.3, -0.25) is 0 Å². The van der Waals surface area contributed by atoms with Crippen LogP contribution in [-0.2, 0) is 11.2 Å². The van der Waals surface area contributed by atoms with Crippen LogP contribution in [-0.4, -0.2) is 45.8 Å². The fourth-order valence-corrected chi connectivity index (χ4v) is 2.72. The van der Waals surface area contributed by atoms with Gasteiger partial charge >= 0.3 is 23.9 Å². The van der Waals surface area contributed by atoms with Gasteiger partial charge in [0.25, 0.3) is 0 Å². The topological polar surface area (TPSA) is 138 Å². The van der Waals surface area contributed by atoms with Crippen LogP contribution in [0, 0.1) is 11.8 Å². The summed E-state index contributed by atoms with van der Waals surface area (Å²) in [6.45, 7) is 8.15. The zero-order valence-electron chi connectivity index (χ0n) is 18.5. The fraction of sp³-hybridized carbons (Fsp3) is 0.333. The van der Waals surface area contributed by atoms with Gasteiger partial charge in [0.2, 0.25) is 0 Å². The van der Waals surface area contributed by atoms with Crippen LogP contribution < -0.4 is 0 Å². The van der Waals surface area contributed by atoms with E-state index in [0.717, 1.165) is 12.0 Å². The van der Waals surface area contributed by atoms with E-state index < -0.39 is 23.9 Å². The fourth-order valence-electron chi connectivity index (χ4n) is 2.72. The lowest BCUT2D eigenvalue weighted by Crippen LogP contribution is -2.14. The number of aromatic carboxylic acids is 3. The van der Waals surface area contributed by atoms with Crippen molar-refractivity contribution in [3.8, 4) is 0 Å². The summed E-state index contributed by atoms with van der Waals surface area (Å²) in [6, 6.07) is 10.5. The number of carbonyl (C=O) groups excluding carboxylic acids is 1. The maximum atomic E-state index is 11.6. The zero-order chi connectivity index (χ0) is 24.4. The zero-order valence-corrected chi connectivity index (χ0v) is 18.5. The molecule has 0 aliphatic carbocycles. The van der Waals surface area contributed by atoms with E-state index in [-0.39, 0.29) is 34.8 Å². The molecule has 0 unspecified atom stereocenters. The number of benzene rings is 2. The van der Waals surface area contributed by atoms with Crippen LogP contribution in [0.4, 0.5) is 0 Å². The smallest absolute Gasteiger partial charge is 0.339 e. The van der Waals surface area contributed by atoms with Crippen molar-refractivity contribution in [1.82, 2.24) is 0 Å². The molecule has 2 rings (SSSR count). The molecule has 3 N–H and O–H groups in total. The van der Waals surface area contributed by atoms with Crippen LogP contribution in [0.25, 0.3) is 0 Å². The van der Waals surface area contributed by atoms with Crippen LogP contribution in [0.3, 0.4) is 0 Å². The highest BCUT2D eigenvalue weighted by atomic mass is 16.5. The number of carbonyl (C=O) groups is 4. The second-order valence-corrected chi connectivity index (χ2v) is 7.93. The van der Waals surface area contributed by atoms with Gasteiger partial charge in [-0.05, 0) is 48.1 Å². The third kappa shape index (κ3) is 8.22. The molecule has 0 spiro atoms.